The van der Waals surface area contributed by atoms with Gasteiger partial charge >= 0.3 is 0 Å². The summed E-state index contributed by atoms with van der Waals surface area (Å²) in [5.41, 5.74) is 4.22. The molecule has 0 spiro atoms. The Morgan fingerprint density at radius 1 is 0.923 bits per heavy atom. The van der Waals surface area contributed by atoms with Crippen LogP contribution in [0.1, 0.15) is 84.0 Å². The van der Waals surface area contributed by atoms with Crippen LogP contribution in [0.4, 0.5) is 5.69 Å². The Morgan fingerprint density at radius 2 is 1.54 bits per heavy atom. The third-order valence-corrected chi connectivity index (χ3v) is 5.13. The fourth-order valence-electron chi connectivity index (χ4n) is 3.56. The van der Waals surface area contributed by atoms with E-state index in [2.05, 4.69) is 34.5 Å². The van der Waals surface area contributed by atoms with E-state index >= 15 is 0 Å². The van der Waals surface area contributed by atoms with Crippen molar-refractivity contribution in [1.82, 2.24) is 5.43 Å². The van der Waals surface area contributed by atoms with E-state index in [0.717, 1.165) is 30.4 Å². The van der Waals surface area contributed by atoms with Crippen molar-refractivity contribution >= 4 is 11.5 Å². The van der Waals surface area contributed by atoms with Crippen LogP contribution in [0.15, 0.2) is 29.4 Å². The molecule has 0 atom stereocenters. The number of nitrogens with zero attached hydrogens (tertiary/aromatic N) is 2. The Kier molecular flexibility index (Phi) is 9.99. The molecule has 0 aliphatic carbocycles. The zero-order valence-electron chi connectivity index (χ0n) is 16.8. The van der Waals surface area contributed by atoms with E-state index in [0.29, 0.717) is 0 Å². The lowest BCUT2D eigenvalue weighted by Gasteiger charge is -2.21. The minimum absolute atomic E-state index is 0.730. The molecule has 4 nitrogen and oxygen atoms in total. The lowest BCUT2D eigenvalue weighted by atomic mass is 10.0. The van der Waals surface area contributed by atoms with Crippen molar-refractivity contribution in [3.63, 3.8) is 0 Å². The first-order chi connectivity index (χ1) is 12.9. The summed E-state index contributed by atoms with van der Waals surface area (Å²) in [6.07, 6.45) is 16.1. The molecule has 0 unspecified atom stereocenters. The molecule has 1 aromatic carbocycles. The third-order valence-electron chi connectivity index (χ3n) is 5.13. The van der Waals surface area contributed by atoms with Crippen LogP contribution in [0.2, 0.25) is 0 Å². The topological polar surface area (TPSA) is 36.9 Å². The van der Waals surface area contributed by atoms with E-state index in [1.807, 2.05) is 12.1 Å². The van der Waals surface area contributed by atoms with Crippen LogP contribution < -0.4 is 15.1 Å². The number of ether oxygens (including phenoxy) is 1. The van der Waals surface area contributed by atoms with E-state index in [-0.39, 0.29) is 0 Å². The summed E-state index contributed by atoms with van der Waals surface area (Å²) in [6, 6.07) is 8.16. The normalized spacial score (nSPS) is 13.6. The number of para-hydroxylation sites is 2. The van der Waals surface area contributed by atoms with Crippen LogP contribution in [-0.2, 0) is 0 Å². The maximum absolute atomic E-state index is 5.49. The molecular formula is C22H37N3O. The number of unbranched alkanes of at least 4 members (excludes halogenated alkanes) is 10. The van der Waals surface area contributed by atoms with Gasteiger partial charge in [0.2, 0.25) is 0 Å². The lowest BCUT2D eigenvalue weighted by molar-refractivity contribution is 0.415. The molecule has 0 bridgehead atoms. The SMILES string of the molecule is CCCCCCCCCCCCCC1=NNCN1c1ccccc1OC. The highest BCUT2D eigenvalue weighted by atomic mass is 16.5. The van der Waals surface area contributed by atoms with Gasteiger partial charge in [0.15, 0.2) is 0 Å². The Morgan fingerprint density at radius 3 is 2.19 bits per heavy atom. The van der Waals surface area contributed by atoms with Gasteiger partial charge in [0.05, 0.1) is 12.8 Å². The third kappa shape index (κ3) is 6.89. The first-order valence-corrected chi connectivity index (χ1v) is 10.6. The summed E-state index contributed by atoms with van der Waals surface area (Å²) in [5, 5.41) is 4.49. The van der Waals surface area contributed by atoms with Crippen molar-refractivity contribution < 1.29 is 4.74 Å². The minimum Gasteiger partial charge on any atom is -0.495 e. The molecule has 4 heteroatoms. The lowest BCUT2D eigenvalue weighted by Crippen LogP contribution is -2.29. The maximum atomic E-state index is 5.49. The standard InChI is InChI=1S/C22H37N3O/c1-3-4-5-6-7-8-9-10-11-12-13-18-22-24-23-19-25(22)20-16-14-15-17-21(20)26-2/h14-17,23H,3-13,18-19H2,1-2H3. The molecule has 0 saturated heterocycles. The van der Waals surface area contributed by atoms with E-state index in [1.54, 1.807) is 7.11 Å². The van der Waals surface area contributed by atoms with Gasteiger partial charge in [0.1, 0.15) is 18.3 Å². The number of amidine groups is 1. The number of rotatable bonds is 14. The highest BCUT2D eigenvalue weighted by molar-refractivity contribution is 5.99. The average Bonchev–Trinajstić information content (AvgIpc) is 3.14. The monoisotopic (exact) mass is 359 g/mol. The maximum Gasteiger partial charge on any atom is 0.142 e. The molecule has 26 heavy (non-hydrogen) atoms. The number of anilines is 1. The molecule has 0 saturated carbocycles. The summed E-state index contributed by atoms with van der Waals surface area (Å²) in [5.74, 6) is 2.04. The van der Waals surface area contributed by atoms with Gasteiger partial charge in [0.25, 0.3) is 0 Å². The first kappa shape index (κ1) is 20.6. The van der Waals surface area contributed by atoms with Crippen molar-refractivity contribution in [2.45, 2.75) is 84.0 Å². The fraction of sp³-hybridized carbons (Fsp3) is 0.682. The van der Waals surface area contributed by atoms with E-state index in [9.17, 15) is 0 Å². The number of hydrogen-bond donors (Lipinski definition) is 1. The second-order valence-electron chi connectivity index (χ2n) is 7.23. The second-order valence-corrected chi connectivity index (χ2v) is 7.23. The van der Waals surface area contributed by atoms with Gasteiger partial charge in [-0.1, -0.05) is 83.3 Å². The van der Waals surface area contributed by atoms with Crippen molar-refractivity contribution in [2.75, 3.05) is 18.7 Å². The van der Waals surface area contributed by atoms with Crippen LogP contribution >= 0.6 is 0 Å². The molecule has 1 heterocycles. The number of methoxy groups -OCH3 is 1. The van der Waals surface area contributed by atoms with E-state index in [4.69, 9.17) is 4.74 Å². The largest absolute Gasteiger partial charge is 0.495 e. The van der Waals surface area contributed by atoms with Crippen LogP contribution in [0.25, 0.3) is 0 Å². The molecule has 2 rings (SSSR count). The Hall–Kier alpha value is -1.71. The molecule has 0 fully saturated rings. The number of nitrogens with one attached hydrogen (secondary N) is 1. The summed E-state index contributed by atoms with van der Waals surface area (Å²) in [6.45, 7) is 3.01. The highest BCUT2D eigenvalue weighted by Gasteiger charge is 2.20. The number of hydrazone groups is 1. The van der Waals surface area contributed by atoms with Crippen LogP contribution in [0.5, 0.6) is 5.75 Å². The van der Waals surface area contributed by atoms with Crippen LogP contribution in [0, 0.1) is 0 Å². The summed E-state index contributed by atoms with van der Waals surface area (Å²) >= 11 is 0. The molecule has 1 aromatic rings. The van der Waals surface area contributed by atoms with Gasteiger partial charge in [-0.05, 0) is 18.6 Å². The molecule has 0 radical (unpaired) electrons. The van der Waals surface area contributed by atoms with Crippen LogP contribution in [0.3, 0.4) is 0 Å². The van der Waals surface area contributed by atoms with E-state index < -0.39 is 0 Å². The predicted molar refractivity (Wildman–Crippen MR) is 112 cm³/mol. The molecule has 146 valence electrons. The Bertz CT molecular complexity index is 530. The molecule has 0 aromatic heterocycles. The predicted octanol–water partition coefficient (Wildman–Crippen LogP) is 6.08. The summed E-state index contributed by atoms with van der Waals surface area (Å²) in [4.78, 5) is 2.23. The minimum atomic E-state index is 0.730. The van der Waals surface area contributed by atoms with Gasteiger partial charge in [-0.25, -0.2) is 0 Å². The smallest absolute Gasteiger partial charge is 0.142 e. The first-order valence-electron chi connectivity index (χ1n) is 10.6. The van der Waals surface area contributed by atoms with E-state index in [1.165, 1.54) is 70.6 Å². The number of hydrogen-bond acceptors (Lipinski definition) is 4. The van der Waals surface area contributed by atoms with Gasteiger partial charge in [-0.2, -0.15) is 5.10 Å². The second kappa shape index (κ2) is 12.6. The van der Waals surface area contributed by atoms with Crippen molar-refractivity contribution in [2.24, 2.45) is 5.10 Å². The molecular weight excluding hydrogens is 322 g/mol. The van der Waals surface area contributed by atoms with Gasteiger partial charge in [0, 0.05) is 6.42 Å². The van der Waals surface area contributed by atoms with Crippen molar-refractivity contribution in [3.05, 3.63) is 24.3 Å². The van der Waals surface area contributed by atoms with Crippen LogP contribution in [-0.4, -0.2) is 19.6 Å². The summed E-state index contributed by atoms with van der Waals surface area (Å²) < 4.78 is 5.49. The Balaban J connectivity index is 1.58. The fourth-order valence-corrected chi connectivity index (χ4v) is 3.56. The zero-order chi connectivity index (χ0) is 18.5. The molecule has 1 N–H and O–H groups in total. The molecule has 0 amide bonds. The quantitative estimate of drug-likeness (QED) is 0.409. The van der Waals surface area contributed by atoms with Gasteiger partial charge < -0.3 is 9.64 Å². The molecule has 1 aliphatic heterocycles. The zero-order valence-corrected chi connectivity index (χ0v) is 16.8. The highest BCUT2D eigenvalue weighted by Crippen LogP contribution is 2.29. The van der Waals surface area contributed by atoms with Gasteiger partial charge in [-0.3, -0.25) is 5.43 Å². The number of benzene rings is 1. The van der Waals surface area contributed by atoms with Crippen molar-refractivity contribution in [1.29, 1.82) is 0 Å². The Labute approximate surface area is 160 Å². The molecule has 1 aliphatic rings. The summed E-state index contributed by atoms with van der Waals surface area (Å²) in [7, 11) is 1.73. The van der Waals surface area contributed by atoms with Crippen molar-refractivity contribution in [3.8, 4) is 5.75 Å². The average molecular weight is 360 g/mol. The van der Waals surface area contributed by atoms with Gasteiger partial charge in [-0.15, -0.1) is 0 Å².